The molecule has 1 amide bonds. The zero-order chi connectivity index (χ0) is 21.0. The number of rotatable bonds is 6. The molecule has 0 bridgehead atoms. The Morgan fingerprint density at radius 2 is 1.62 bits per heavy atom. The molecule has 29 heavy (non-hydrogen) atoms. The number of anilines is 2. The molecule has 2 N–H and O–H groups in total. The lowest BCUT2D eigenvalue weighted by atomic mass is 10.0. The van der Waals surface area contributed by atoms with Gasteiger partial charge in [-0.25, -0.2) is 0 Å². The number of hydrogen-bond acceptors (Lipinski definition) is 2. The third-order valence-corrected chi connectivity index (χ3v) is 5.52. The highest BCUT2D eigenvalue weighted by Crippen LogP contribution is 2.31. The number of alkyl halides is 3. The molecule has 0 aliphatic heterocycles. The van der Waals surface area contributed by atoms with Crippen LogP contribution in [0.15, 0.2) is 36.4 Å². The fourth-order valence-corrected chi connectivity index (χ4v) is 3.95. The van der Waals surface area contributed by atoms with Gasteiger partial charge < -0.3 is 10.6 Å². The predicted octanol–water partition coefficient (Wildman–Crippen LogP) is 6.45. The lowest BCUT2D eigenvalue weighted by Crippen LogP contribution is -2.16. The van der Waals surface area contributed by atoms with E-state index in [4.69, 9.17) is 0 Å². The first-order valence-electron chi connectivity index (χ1n) is 10.0. The summed E-state index contributed by atoms with van der Waals surface area (Å²) in [5, 5.41) is 6.30. The smallest absolute Gasteiger partial charge is 0.381 e. The summed E-state index contributed by atoms with van der Waals surface area (Å²) in [4.78, 5) is 12.4. The second kappa shape index (κ2) is 8.89. The molecule has 2 aromatic carbocycles. The summed E-state index contributed by atoms with van der Waals surface area (Å²) in [6.07, 6.45) is 0.964. The average molecular weight is 404 g/mol. The van der Waals surface area contributed by atoms with Gasteiger partial charge in [-0.1, -0.05) is 25.0 Å². The third kappa shape index (κ3) is 5.75. The van der Waals surface area contributed by atoms with Gasteiger partial charge in [-0.3, -0.25) is 4.79 Å². The molecule has 0 spiro atoms. The van der Waals surface area contributed by atoms with E-state index < -0.39 is 11.7 Å². The van der Waals surface area contributed by atoms with Crippen molar-refractivity contribution >= 4 is 17.3 Å². The number of benzene rings is 2. The molecule has 0 heterocycles. The highest BCUT2D eigenvalue weighted by atomic mass is 19.4. The van der Waals surface area contributed by atoms with Gasteiger partial charge in [0.1, 0.15) is 0 Å². The standard InChI is InChI=1S/C23H27F3N2O/c1-15-11-20(27-14-18-7-9-19(10-8-18)23(24,25)26)12-16(2)22(15)28-21(29)13-17-5-3-4-6-17/h7-12,17,27H,3-6,13-14H2,1-2H3,(H,28,29). The van der Waals surface area contributed by atoms with Gasteiger partial charge in [-0.05, 0) is 73.6 Å². The SMILES string of the molecule is Cc1cc(NCc2ccc(C(F)(F)F)cc2)cc(C)c1NC(=O)CC1CCCC1. The van der Waals surface area contributed by atoms with E-state index in [0.717, 1.165) is 53.0 Å². The Balaban J connectivity index is 1.60. The Hall–Kier alpha value is -2.50. The Kier molecular flexibility index (Phi) is 6.50. The number of carbonyl (C=O) groups is 1. The summed E-state index contributed by atoms with van der Waals surface area (Å²) in [5.41, 5.74) is 3.74. The van der Waals surface area contributed by atoms with Crippen molar-refractivity contribution in [2.75, 3.05) is 10.6 Å². The first-order chi connectivity index (χ1) is 13.7. The van der Waals surface area contributed by atoms with Crippen LogP contribution in [-0.4, -0.2) is 5.91 Å². The van der Waals surface area contributed by atoms with E-state index in [-0.39, 0.29) is 5.91 Å². The van der Waals surface area contributed by atoms with Crippen molar-refractivity contribution in [1.29, 1.82) is 0 Å². The van der Waals surface area contributed by atoms with Gasteiger partial charge in [0.05, 0.1) is 5.56 Å². The molecule has 6 heteroatoms. The molecule has 1 aliphatic carbocycles. The average Bonchev–Trinajstić information content (AvgIpc) is 3.15. The summed E-state index contributed by atoms with van der Waals surface area (Å²) in [5.74, 6) is 0.564. The van der Waals surface area contributed by atoms with Crippen molar-refractivity contribution in [2.45, 2.75) is 58.7 Å². The quantitative estimate of drug-likeness (QED) is 0.581. The van der Waals surface area contributed by atoms with Crippen molar-refractivity contribution in [3.05, 3.63) is 58.7 Å². The Labute approximate surface area is 169 Å². The van der Waals surface area contributed by atoms with Crippen LogP contribution in [0.5, 0.6) is 0 Å². The number of carbonyl (C=O) groups excluding carboxylic acids is 1. The van der Waals surface area contributed by atoms with Crippen LogP contribution in [-0.2, 0) is 17.5 Å². The molecule has 3 rings (SSSR count). The molecular weight excluding hydrogens is 377 g/mol. The van der Waals surface area contributed by atoms with Crippen LogP contribution < -0.4 is 10.6 Å². The maximum atomic E-state index is 12.7. The number of halogens is 3. The number of amides is 1. The highest BCUT2D eigenvalue weighted by Gasteiger charge is 2.29. The molecular formula is C23H27F3N2O. The van der Waals surface area contributed by atoms with Crippen LogP contribution in [0.3, 0.4) is 0 Å². The van der Waals surface area contributed by atoms with Crippen LogP contribution in [0.4, 0.5) is 24.5 Å². The van der Waals surface area contributed by atoms with E-state index in [2.05, 4.69) is 10.6 Å². The summed E-state index contributed by atoms with van der Waals surface area (Å²) in [7, 11) is 0. The lowest BCUT2D eigenvalue weighted by Gasteiger charge is -2.16. The molecule has 0 atom stereocenters. The molecule has 156 valence electrons. The van der Waals surface area contributed by atoms with E-state index in [1.54, 1.807) is 0 Å². The lowest BCUT2D eigenvalue weighted by molar-refractivity contribution is -0.137. The van der Waals surface area contributed by atoms with E-state index >= 15 is 0 Å². The molecule has 1 saturated carbocycles. The zero-order valence-electron chi connectivity index (χ0n) is 16.8. The van der Waals surface area contributed by atoms with Gasteiger partial charge in [-0.2, -0.15) is 13.2 Å². The van der Waals surface area contributed by atoms with Gasteiger partial charge >= 0.3 is 6.18 Å². The highest BCUT2D eigenvalue weighted by molar-refractivity contribution is 5.92. The molecule has 1 fully saturated rings. The molecule has 0 aromatic heterocycles. The predicted molar refractivity (Wildman–Crippen MR) is 110 cm³/mol. The maximum Gasteiger partial charge on any atom is 0.416 e. The van der Waals surface area contributed by atoms with E-state index in [1.807, 2.05) is 26.0 Å². The van der Waals surface area contributed by atoms with Crippen molar-refractivity contribution in [1.82, 2.24) is 0 Å². The molecule has 0 saturated heterocycles. The third-order valence-electron chi connectivity index (χ3n) is 5.52. The largest absolute Gasteiger partial charge is 0.416 e. The minimum Gasteiger partial charge on any atom is -0.381 e. The molecule has 1 aliphatic rings. The van der Waals surface area contributed by atoms with Crippen LogP contribution in [0.2, 0.25) is 0 Å². The minimum absolute atomic E-state index is 0.0635. The van der Waals surface area contributed by atoms with Crippen LogP contribution >= 0.6 is 0 Å². The van der Waals surface area contributed by atoms with Gasteiger partial charge in [0.15, 0.2) is 0 Å². The topological polar surface area (TPSA) is 41.1 Å². The van der Waals surface area contributed by atoms with Gasteiger partial charge in [-0.15, -0.1) is 0 Å². The Bertz CT molecular complexity index is 830. The van der Waals surface area contributed by atoms with Gasteiger partial charge in [0.25, 0.3) is 0 Å². The number of aryl methyl sites for hydroxylation is 2. The summed E-state index contributed by atoms with van der Waals surface area (Å²) in [6.45, 7) is 4.31. The molecule has 2 aromatic rings. The Morgan fingerprint density at radius 1 is 1.03 bits per heavy atom. The maximum absolute atomic E-state index is 12.7. The zero-order valence-corrected chi connectivity index (χ0v) is 16.8. The molecule has 3 nitrogen and oxygen atoms in total. The fraction of sp³-hybridized carbons (Fsp3) is 0.435. The van der Waals surface area contributed by atoms with Gasteiger partial charge in [0.2, 0.25) is 5.91 Å². The number of nitrogens with one attached hydrogen (secondary N) is 2. The number of hydrogen-bond donors (Lipinski definition) is 2. The first-order valence-corrected chi connectivity index (χ1v) is 10.0. The van der Waals surface area contributed by atoms with Crippen molar-refractivity contribution in [2.24, 2.45) is 5.92 Å². The summed E-state index contributed by atoms with van der Waals surface area (Å²) >= 11 is 0. The van der Waals surface area contributed by atoms with E-state index in [1.165, 1.54) is 25.0 Å². The minimum atomic E-state index is -4.32. The van der Waals surface area contributed by atoms with E-state index in [9.17, 15) is 18.0 Å². The van der Waals surface area contributed by atoms with E-state index in [0.29, 0.717) is 18.9 Å². The van der Waals surface area contributed by atoms with Gasteiger partial charge in [0, 0.05) is 24.3 Å². The van der Waals surface area contributed by atoms with Crippen molar-refractivity contribution in [3.8, 4) is 0 Å². The van der Waals surface area contributed by atoms with Crippen LogP contribution in [0.1, 0.15) is 54.4 Å². The van der Waals surface area contributed by atoms with Crippen molar-refractivity contribution in [3.63, 3.8) is 0 Å². The second-order valence-electron chi connectivity index (χ2n) is 7.94. The van der Waals surface area contributed by atoms with Crippen molar-refractivity contribution < 1.29 is 18.0 Å². The normalized spacial score (nSPS) is 14.8. The first kappa shape index (κ1) is 21.2. The fourth-order valence-electron chi connectivity index (χ4n) is 3.95. The summed E-state index contributed by atoms with van der Waals surface area (Å²) in [6, 6.07) is 9.04. The Morgan fingerprint density at radius 3 is 2.17 bits per heavy atom. The second-order valence-corrected chi connectivity index (χ2v) is 7.94. The molecule has 0 radical (unpaired) electrons. The monoisotopic (exact) mass is 404 g/mol. The molecule has 0 unspecified atom stereocenters. The van der Waals surface area contributed by atoms with Crippen LogP contribution in [0, 0.1) is 19.8 Å². The van der Waals surface area contributed by atoms with Crippen LogP contribution in [0.25, 0.3) is 0 Å². The summed E-state index contributed by atoms with van der Waals surface area (Å²) < 4.78 is 38.0.